The first-order valence-corrected chi connectivity index (χ1v) is 7.46. The number of carbonyl (C=O) groups is 1. The average molecular weight is 296 g/mol. The Kier molecular flexibility index (Phi) is 6.85. The molecule has 5 heteroatoms. The number of hydrogen-bond donors (Lipinski definition) is 3. The summed E-state index contributed by atoms with van der Waals surface area (Å²) in [6, 6.07) is 1.40. The van der Waals surface area contributed by atoms with Crippen LogP contribution in [0.4, 0.5) is 0 Å². The second-order valence-electron chi connectivity index (χ2n) is 5.01. The van der Waals surface area contributed by atoms with Crippen molar-refractivity contribution in [2.75, 3.05) is 6.61 Å². The van der Waals surface area contributed by atoms with E-state index in [4.69, 9.17) is 4.74 Å². The predicted molar refractivity (Wildman–Crippen MR) is 80.4 cm³/mol. The maximum atomic E-state index is 11.3. The zero-order chi connectivity index (χ0) is 15.8. The lowest BCUT2D eigenvalue weighted by Gasteiger charge is -2.15. The molecule has 5 nitrogen and oxygen atoms in total. The van der Waals surface area contributed by atoms with Crippen molar-refractivity contribution in [2.45, 2.75) is 52.4 Å². The van der Waals surface area contributed by atoms with Crippen molar-refractivity contribution < 1.29 is 24.9 Å². The third-order valence-corrected chi connectivity index (χ3v) is 3.36. The largest absolute Gasteiger partial charge is 0.504 e. The molecule has 21 heavy (non-hydrogen) atoms. The summed E-state index contributed by atoms with van der Waals surface area (Å²) in [4.78, 5) is 11.3. The van der Waals surface area contributed by atoms with Crippen LogP contribution in [-0.4, -0.2) is 27.9 Å². The van der Waals surface area contributed by atoms with Gasteiger partial charge in [-0.15, -0.1) is 0 Å². The highest BCUT2D eigenvalue weighted by atomic mass is 16.5. The first kappa shape index (κ1) is 17.1. The summed E-state index contributed by atoms with van der Waals surface area (Å²) >= 11 is 0. The van der Waals surface area contributed by atoms with Crippen LogP contribution in [-0.2, 0) is 6.42 Å². The molecule has 3 N–H and O–H groups in total. The molecule has 0 heterocycles. The number of aromatic carboxylic acids is 1. The van der Waals surface area contributed by atoms with E-state index in [1.165, 1.54) is 12.5 Å². The van der Waals surface area contributed by atoms with Gasteiger partial charge in [0.1, 0.15) is 11.3 Å². The second kappa shape index (κ2) is 8.39. The van der Waals surface area contributed by atoms with Gasteiger partial charge in [-0.1, -0.05) is 32.6 Å². The van der Waals surface area contributed by atoms with Crippen molar-refractivity contribution in [3.05, 3.63) is 17.2 Å². The molecular weight excluding hydrogens is 272 g/mol. The van der Waals surface area contributed by atoms with Crippen molar-refractivity contribution in [3.63, 3.8) is 0 Å². The Bertz CT molecular complexity index is 482. The number of carboxylic acids is 1. The van der Waals surface area contributed by atoms with Crippen molar-refractivity contribution in [1.82, 2.24) is 0 Å². The molecule has 0 bridgehead atoms. The molecule has 0 amide bonds. The van der Waals surface area contributed by atoms with Gasteiger partial charge in [0.2, 0.25) is 0 Å². The molecule has 0 atom stereocenters. The van der Waals surface area contributed by atoms with Gasteiger partial charge in [-0.2, -0.15) is 0 Å². The Morgan fingerprint density at radius 2 is 1.81 bits per heavy atom. The highest BCUT2D eigenvalue weighted by Gasteiger charge is 2.23. The van der Waals surface area contributed by atoms with Crippen LogP contribution in [0.3, 0.4) is 0 Å². The molecule has 118 valence electrons. The fraction of sp³-hybridized carbons (Fsp3) is 0.562. The van der Waals surface area contributed by atoms with Crippen LogP contribution in [0.5, 0.6) is 17.2 Å². The first-order valence-electron chi connectivity index (χ1n) is 7.46. The summed E-state index contributed by atoms with van der Waals surface area (Å²) in [5.41, 5.74) is 0.265. The molecule has 0 saturated carbocycles. The van der Waals surface area contributed by atoms with E-state index in [1.807, 2.05) is 0 Å². The number of aromatic hydroxyl groups is 2. The van der Waals surface area contributed by atoms with E-state index in [9.17, 15) is 20.1 Å². The van der Waals surface area contributed by atoms with Gasteiger partial charge >= 0.3 is 5.97 Å². The standard InChI is InChI=1S/C16H24O5/c1-3-5-6-7-8-9-11-10-12(17)14(18)13(16(19)20)15(11)21-4-2/h10,17-18H,3-9H2,1-2H3,(H,19,20). The van der Waals surface area contributed by atoms with E-state index in [0.717, 1.165) is 25.7 Å². The van der Waals surface area contributed by atoms with Crippen LogP contribution >= 0.6 is 0 Å². The van der Waals surface area contributed by atoms with Gasteiger partial charge in [-0.3, -0.25) is 0 Å². The number of benzene rings is 1. The Morgan fingerprint density at radius 3 is 2.38 bits per heavy atom. The molecule has 0 unspecified atom stereocenters. The Hall–Kier alpha value is -1.91. The van der Waals surface area contributed by atoms with Gasteiger partial charge in [0.15, 0.2) is 11.5 Å². The molecule has 0 spiro atoms. The van der Waals surface area contributed by atoms with E-state index in [-0.39, 0.29) is 11.3 Å². The van der Waals surface area contributed by atoms with Crippen LogP contribution in [0.1, 0.15) is 61.9 Å². The Morgan fingerprint density at radius 1 is 1.14 bits per heavy atom. The van der Waals surface area contributed by atoms with Crippen molar-refractivity contribution >= 4 is 5.97 Å². The molecule has 0 fully saturated rings. The molecule has 1 aromatic rings. The number of hydrogen-bond acceptors (Lipinski definition) is 4. The molecule has 0 aliphatic rings. The van der Waals surface area contributed by atoms with Gasteiger partial charge < -0.3 is 20.1 Å². The third-order valence-electron chi connectivity index (χ3n) is 3.36. The molecule has 0 aliphatic carbocycles. The van der Waals surface area contributed by atoms with Crippen LogP contribution in [0.25, 0.3) is 0 Å². The lowest BCUT2D eigenvalue weighted by Crippen LogP contribution is -2.07. The fourth-order valence-electron chi connectivity index (χ4n) is 2.31. The zero-order valence-electron chi connectivity index (χ0n) is 12.7. The Labute approximate surface area is 125 Å². The number of carboxylic acid groups (broad SMARTS) is 1. The minimum atomic E-state index is -1.31. The van der Waals surface area contributed by atoms with Crippen LogP contribution in [0.15, 0.2) is 6.07 Å². The minimum Gasteiger partial charge on any atom is -0.504 e. The summed E-state index contributed by atoms with van der Waals surface area (Å²) < 4.78 is 5.39. The van der Waals surface area contributed by atoms with E-state index >= 15 is 0 Å². The summed E-state index contributed by atoms with van der Waals surface area (Å²) in [7, 11) is 0. The van der Waals surface area contributed by atoms with Crippen molar-refractivity contribution in [2.24, 2.45) is 0 Å². The quantitative estimate of drug-likeness (QED) is 0.477. The Balaban J connectivity index is 2.98. The lowest BCUT2D eigenvalue weighted by atomic mass is 10.0. The molecule has 0 aromatic heterocycles. The van der Waals surface area contributed by atoms with Crippen molar-refractivity contribution in [3.8, 4) is 17.2 Å². The number of phenolic OH excluding ortho intramolecular Hbond substituents is 1. The van der Waals surface area contributed by atoms with Gasteiger partial charge in [-0.25, -0.2) is 4.79 Å². The summed E-state index contributed by atoms with van der Waals surface area (Å²) in [6.45, 7) is 4.19. The molecule has 0 saturated heterocycles. The topological polar surface area (TPSA) is 87.0 Å². The highest BCUT2D eigenvalue weighted by Crippen LogP contribution is 2.39. The molecule has 1 rings (SSSR count). The number of unbranched alkanes of at least 4 members (excludes halogenated alkanes) is 4. The van der Waals surface area contributed by atoms with Gasteiger partial charge in [0.25, 0.3) is 0 Å². The van der Waals surface area contributed by atoms with E-state index in [2.05, 4.69) is 6.92 Å². The number of ether oxygens (including phenoxy) is 1. The fourth-order valence-corrected chi connectivity index (χ4v) is 2.31. The maximum Gasteiger partial charge on any atom is 0.343 e. The normalized spacial score (nSPS) is 10.6. The second-order valence-corrected chi connectivity index (χ2v) is 5.01. The van der Waals surface area contributed by atoms with Crippen LogP contribution in [0, 0.1) is 0 Å². The average Bonchev–Trinajstić information content (AvgIpc) is 2.43. The third kappa shape index (κ3) is 4.55. The van der Waals surface area contributed by atoms with E-state index in [1.54, 1.807) is 6.92 Å². The minimum absolute atomic E-state index is 0.163. The highest BCUT2D eigenvalue weighted by molar-refractivity contribution is 5.95. The number of phenols is 2. The van der Waals surface area contributed by atoms with Crippen molar-refractivity contribution in [1.29, 1.82) is 0 Å². The van der Waals surface area contributed by atoms with Gasteiger partial charge in [0, 0.05) is 0 Å². The molecule has 1 aromatic carbocycles. The smallest absolute Gasteiger partial charge is 0.343 e. The molecular formula is C16H24O5. The lowest BCUT2D eigenvalue weighted by molar-refractivity contribution is 0.0688. The number of rotatable bonds is 9. The van der Waals surface area contributed by atoms with Crippen LogP contribution in [0.2, 0.25) is 0 Å². The monoisotopic (exact) mass is 296 g/mol. The molecule has 0 aliphatic heterocycles. The first-order chi connectivity index (χ1) is 10.0. The number of aryl methyl sites for hydroxylation is 1. The summed E-state index contributed by atoms with van der Waals surface area (Å²) in [5, 5.41) is 28.6. The summed E-state index contributed by atoms with van der Waals surface area (Å²) in [5.74, 6) is -2.20. The maximum absolute atomic E-state index is 11.3. The summed E-state index contributed by atoms with van der Waals surface area (Å²) in [6.07, 6.45) is 6.03. The molecule has 0 radical (unpaired) electrons. The van der Waals surface area contributed by atoms with E-state index < -0.39 is 17.5 Å². The SMILES string of the molecule is CCCCCCCc1cc(O)c(O)c(C(=O)O)c1OCC. The predicted octanol–water partition coefficient (Wildman–Crippen LogP) is 3.71. The van der Waals surface area contributed by atoms with Crippen LogP contribution < -0.4 is 4.74 Å². The van der Waals surface area contributed by atoms with E-state index in [0.29, 0.717) is 18.6 Å². The zero-order valence-corrected chi connectivity index (χ0v) is 12.7. The van der Waals surface area contributed by atoms with Gasteiger partial charge in [0.05, 0.1) is 6.61 Å². The van der Waals surface area contributed by atoms with Gasteiger partial charge in [-0.05, 0) is 31.4 Å².